The van der Waals surface area contributed by atoms with Crippen LogP contribution in [-0.4, -0.2) is 0 Å². The Morgan fingerprint density at radius 1 is 0.710 bits per heavy atom. The fraction of sp³-hybridized carbons (Fsp3) is 0.724. The predicted octanol–water partition coefficient (Wildman–Crippen LogP) is 9.21. The third-order valence-corrected chi connectivity index (χ3v) is 9.08. The van der Waals surface area contributed by atoms with Crippen molar-refractivity contribution in [2.45, 2.75) is 103 Å². The number of hydrogen-bond acceptors (Lipinski definition) is 0. The van der Waals surface area contributed by atoms with Crippen molar-refractivity contribution in [2.75, 3.05) is 0 Å². The van der Waals surface area contributed by atoms with E-state index in [1.165, 1.54) is 89.2 Å². The predicted molar refractivity (Wildman–Crippen MR) is 126 cm³/mol. The Labute approximate surface area is 188 Å². The van der Waals surface area contributed by atoms with E-state index in [9.17, 15) is 8.78 Å². The summed E-state index contributed by atoms with van der Waals surface area (Å²) in [6.07, 6.45) is 23.9. The second-order valence-corrected chi connectivity index (χ2v) is 10.9. The molecule has 31 heavy (non-hydrogen) atoms. The Bertz CT molecular complexity index is 699. The molecule has 1 aromatic carbocycles. The molecule has 3 saturated carbocycles. The second kappa shape index (κ2) is 11.1. The summed E-state index contributed by atoms with van der Waals surface area (Å²) < 4.78 is 26.8. The molecule has 4 rings (SSSR count). The Hall–Kier alpha value is -1.18. The molecule has 3 fully saturated rings. The molecule has 0 nitrogen and oxygen atoms in total. The summed E-state index contributed by atoms with van der Waals surface area (Å²) in [5, 5.41) is 0. The first kappa shape index (κ1) is 23.0. The van der Waals surface area contributed by atoms with E-state index in [0.717, 1.165) is 48.0 Å². The topological polar surface area (TPSA) is 0 Å². The quantitative estimate of drug-likeness (QED) is 0.396. The summed E-state index contributed by atoms with van der Waals surface area (Å²) in [5.74, 6) is 3.61. The van der Waals surface area contributed by atoms with Gasteiger partial charge in [-0.25, -0.2) is 8.78 Å². The first-order valence-electron chi connectivity index (χ1n) is 13.2. The maximum Gasteiger partial charge on any atom is 0.159 e. The van der Waals surface area contributed by atoms with Crippen molar-refractivity contribution in [1.29, 1.82) is 0 Å². The monoisotopic (exact) mass is 428 g/mol. The van der Waals surface area contributed by atoms with Crippen molar-refractivity contribution in [1.82, 2.24) is 0 Å². The average molecular weight is 429 g/mol. The van der Waals surface area contributed by atoms with E-state index in [2.05, 4.69) is 19.1 Å². The van der Waals surface area contributed by atoms with Crippen LogP contribution in [0, 0.1) is 41.2 Å². The summed E-state index contributed by atoms with van der Waals surface area (Å²) in [6, 6.07) is 4.52. The van der Waals surface area contributed by atoms with Gasteiger partial charge in [0.25, 0.3) is 0 Å². The van der Waals surface area contributed by atoms with Crippen LogP contribution in [-0.2, 0) is 0 Å². The van der Waals surface area contributed by atoms with Crippen molar-refractivity contribution >= 4 is 0 Å². The molecule has 0 unspecified atom stereocenters. The van der Waals surface area contributed by atoms with Crippen LogP contribution in [0.25, 0.3) is 0 Å². The molecule has 1 aromatic rings. The van der Waals surface area contributed by atoms with Gasteiger partial charge >= 0.3 is 0 Å². The fourth-order valence-electron chi connectivity index (χ4n) is 7.05. The van der Waals surface area contributed by atoms with Crippen LogP contribution in [0.1, 0.15) is 108 Å². The van der Waals surface area contributed by atoms with Crippen LogP contribution >= 0.6 is 0 Å². The van der Waals surface area contributed by atoms with Gasteiger partial charge in [-0.2, -0.15) is 0 Å². The SMILES string of the molecule is CC=CC1CCC(CCC2CCC(C3CCC(c4ccc(F)c(F)c4)CC3)CC2)CC1. The van der Waals surface area contributed by atoms with Gasteiger partial charge in [0, 0.05) is 0 Å². The van der Waals surface area contributed by atoms with Gasteiger partial charge in [0.1, 0.15) is 0 Å². The van der Waals surface area contributed by atoms with Gasteiger partial charge < -0.3 is 0 Å². The molecule has 0 N–H and O–H groups in total. The van der Waals surface area contributed by atoms with Gasteiger partial charge in [-0.15, -0.1) is 0 Å². The molecule has 0 heterocycles. The molecule has 0 aliphatic heterocycles. The van der Waals surface area contributed by atoms with Crippen LogP contribution in [0.5, 0.6) is 0 Å². The molecule has 3 aliphatic carbocycles. The number of benzene rings is 1. The Morgan fingerprint density at radius 3 is 1.81 bits per heavy atom. The number of rotatable bonds is 6. The Kier molecular flexibility index (Phi) is 8.24. The molecule has 0 aromatic heterocycles. The zero-order valence-electron chi connectivity index (χ0n) is 19.5. The zero-order valence-corrected chi connectivity index (χ0v) is 19.5. The molecule has 0 atom stereocenters. The summed E-state index contributed by atoms with van der Waals surface area (Å²) in [5.41, 5.74) is 1.00. The lowest BCUT2D eigenvalue weighted by atomic mass is 9.67. The average Bonchev–Trinajstić information content (AvgIpc) is 2.81. The minimum Gasteiger partial charge on any atom is -0.204 e. The first-order chi connectivity index (χ1) is 15.1. The lowest BCUT2D eigenvalue weighted by Crippen LogP contribution is -2.25. The Morgan fingerprint density at radius 2 is 1.26 bits per heavy atom. The van der Waals surface area contributed by atoms with Crippen molar-refractivity contribution in [3.05, 3.63) is 47.5 Å². The molecular weight excluding hydrogens is 386 g/mol. The number of hydrogen-bond donors (Lipinski definition) is 0. The third-order valence-electron chi connectivity index (χ3n) is 9.08. The van der Waals surface area contributed by atoms with E-state index >= 15 is 0 Å². The van der Waals surface area contributed by atoms with Crippen molar-refractivity contribution < 1.29 is 8.78 Å². The van der Waals surface area contributed by atoms with Gasteiger partial charge in [0.15, 0.2) is 11.6 Å². The maximum absolute atomic E-state index is 13.6. The summed E-state index contributed by atoms with van der Waals surface area (Å²) in [4.78, 5) is 0. The summed E-state index contributed by atoms with van der Waals surface area (Å²) >= 11 is 0. The molecule has 0 amide bonds. The van der Waals surface area contributed by atoms with E-state index in [-0.39, 0.29) is 0 Å². The lowest BCUT2D eigenvalue weighted by Gasteiger charge is -2.38. The molecular formula is C29H42F2. The van der Waals surface area contributed by atoms with Crippen molar-refractivity contribution in [3.63, 3.8) is 0 Å². The molecule has 172 valence electrons. The number of halogens is 2. The standard InChI is InChI=1S/C29H42F2/c1-2-3-21-4-6-22(7-5-21)8-9-23-10-12-24(13-11-23)25-14-16-26(17-15-25)27-18-19-28(30)29(31)20-27/h2-3,18-26H,4-17H2,1H3. The maximum atomic E-state index is 13.6. The van der Waals surface area contributed by atoms with E-state index in [0.29, 0.717) is 5.92 Å². The normalized spacial score (nSPS) is 34.8. The minimum absolute atomic E-state index is 0.422. The molecule has 3 aliphatic rings. The van der Waals surface area contributed by atoms with E-state index in [4.69, 9.17) is 0 Å². The zero-order chi connectivity index (χ0) is 21.6. The van der Waals surface area contributed by atoms with Gasteiger partial charge in [-0.05, 0) is 124 Å². The molecule has 0 bridgehead atoms. The molecule has 0 saturated heterocycles. The van der Waals surface area contributed by atoms with E-state index in [1.807, 2.05) is 0 Å². The highest BCUT2D eigenvalue weighted by Gasteiger charge is 2.32. The first-order valence-corrected chi connectivity index (χ1v) is 13.2. The van der Waals surface area contributed by atoms with Gasteiger partial charge in [0.05, 0.1) is 0 Å². The molecule has 0 radical (unpaired) electrons. The third kappa shape index (κ3) is 6.20. The molecule has 0 spiro atoms. The van der Waals surface area contributed by atoms with Gasteiger partial charge in [-0.1, -0.05) is 43.9 Å². The highest BCUT2D eigenvalue weighted by atomic mass is 19.2. The second-order valence-electron chi connectivity index (χ2n) is 10.9. The van der Waals surface area contributed by atoms with Gasteiger partial charge in [0.2, 0.25) is 0 Å². The van der Waals surface area contributed by atoms with Crippen LogP contribution in [0.15, 0.2) is 30.4 Å². The summed E-state index contributed by atoms with van der Waals surface area (Å²) in [6.45, 7) is 2.15. The van der Waals surface area contributed by atoms with Gasteiger partial charge in [-0.3, -0.25) is 0 Å². The Balaban J connectivity index is 1.14. The molecule has 2 heteroatoms. The largest absolute Gasteiger partial charge is 0.204 e. The van der Waals surface area contributed by atoms with Crippen LogP contribution < -0.4 is 0 Å². The van der Waals surface area contributed by atoms with Crippen molar-refractivity contribution in [3.8, 4) is 0 Å². The van der Waals surface area contributed by atoms with Crippen LogP contribution in [0.3, 0.4) is 0 Å². The smallest absolute Gasteiger partial charge is 0.159 e. The van der Waals surface area contributed by atoms with Crippen LogP contribution in [0.4, 0.5) is 8.78 Å². The highest BCUT2D eigenvalue weighted by Crippen LogP contribution is 2.45. The fourth-order valence-corrected chi connectivity index (χ4v) is 7.05. The summed E-state index contributed by atoms with van der Waals surface area (Å²) in [7, 11) is 0. The van der Waals surface area contributed by atoms with Crippen molar-refractivity contribution in [2.24, 2.45) is 29.6 Å². The highest BCUT2D eigenvalue weighted by molar-refractivity contribution is 5.22. The minimum atomic E-state index is -0.726. The van der Waals surface area contributed by atoms with E-state index < -0.39 is 11.6 Å². The van der Waals surface area contributed by atoms with Crippen LogP contribution in [0.2, 0.25) is 0 Å². The number of allylic oxidation sites excluding steroid dienone is 2. The van der Waals surface area contributed by atoms with E-state index in [1.54, 1.807) is 6.07 Å². The lowest BCUT2D eigenvalue weighted by molar-refractivity contribution is 0.151.